The van der Waals surface area contributed by atoms with Crippen LogP contribution in [0.15, 0.2) is 4.99 Å². The van der Waals surface area contributed by atoms with Crippen LogP contribution in [0.2, 0.25) is 0 Å². The van der Waals surface area contributed by atoms with Crippen LogP contribution < -0.4 is 5.32 Å². The van der Waals surface area contributed by atoms with Crippen molar-refractivity contribution in [3.8, 4) is 0 Å². The highest BCUT2D eigenvalue weighted by Crippen LogP contribution is 1.73. The number of rotatable bonds is 0. The van der Waals surface area contributed by atoms with E-state index in [1.54, 1.807) is 7.05 Å². The minimum absolute atomic E-state index is 0.894. The summed E-state index contributed by atoms with van der Waals surface area (Å²) in [6.45, 7) is 0. The van der Waals surface area contributed by atoms with E-state index in [0.29, 0.717) is 0 Å². The quantitative estimate of drug-likeness (QED) is 0.354. The van der Waals surface area contributed by atoms with Crippen molar-refractivity contribution in [1.82, 2.24) is 10.2 Å². The van der Waals surface area contributed by atoms with Gasteiger partial charge < -0.3 is 15.3 Å². The first-order valence-electron chi connectivity index (χ1n) is 2.99. The fourth-order valence-electron chi connectivity index (χ4n) is 0.535. The molecule has 0 amide bonds. The predicted molar refractivity (Wildman–Crippen MR) is 44.2 cm³/mol. The molecule has 0 aromatic rings. The molecule has 0 aliphatic heterocycles. The van der Waals surface area contributed by atoms with E-state index >= 15 is 0 Å². The number of aliphatic hydroxyl groups excluding tert-OH is 1. The zero-order chi connectivity index (χ0) is 8.57. The summed E-state index contributed by atoms with van der Waals surface area (Å²) in [6.07, 6.45) is 0. The Morgan fingerprint density at radius 1 is 1.40 bits per heavy atom. The van der Waals surface area contributed by atoms with Gasteiger partial charge in [-0.25, -0.2) is 0 Å². The second-order valence-electron chi connectivity index (χ2n) is 1.69. The number of aliphatic imine (C=N–C) groups is 1. The standard InChI is InChI=1S/C5H13N3.CH4O/c1-6-5(7-2)8(3)4;1-2/h1-4H3,(H,6,7);2H,1H3. The van der Waals surface area contributed by atoms with Crippen LogP contribution in [0, 0.1) is 0 Å². The molecule has 0 aromatic carbocycles. The second kappa shape index (κ2) is 8.23. The third-order valence-electron chi connectivity index (χ3n) is 0.859. The van der Waals surface area contributed by atoms with Crippen LogP contribution >= 0.6 is 0 Å². The van der Waals surface area contributed by atoms with E-state index < -0.39 is 0 Å². The number of guanidine groups is 1. The molecule has 0 fully saturated rings. The largest absolute Gasteiger partial charge is 0.400 e. The minimum Gasteiger partial charge on any atom is -0.400 e. The average Bonchev–Trinajstić information content (AvgIpc) is 1.94. The van der Waals surface area contributed by atoms with Crippen LogP contribution in [-0.2, 0) is 0 Å². The molecule has 0 atom stereocenters. The summed E-state index contributed by atoms with van der Waals surface area (Å²) in [6, 6.07) is 0. The van der Waals surface area contributed by atoms with E-state index in [1.165, 1.54) is 0 Å². The van der Waals surface area contributed by atoms with Crippen LogP contribution in [0.5, 0.6) is 0 Å². The fraction of sp³-hybridized carbons (Fsp3) is 0.833. The first-order valence-corrected chi connectivity index (χ1v) is 2.99. The molecule has 0 radical (unpaired) electrons. The molecule has 0 rings (SSSR count). The normalized spacial score (nSPS) is 9.60. The van der Waals surface area contributed by atoms with Crippen molar-refractivity contribution in [2.75, 3.05) is 35.3 Å². The van der Waals surface area contributed by atoms with Gasteiger partial charge in [0.05, 0.1) is 0 Å². The molecular weight excluding hydrogens is 130 g/mol. The highest BCUT2D eigenvalue weighted by molar-refractivity contribution is 5.78. The molecule has 4 nitrogen and oxygen atoms in total. The van der Waals surface area contributed by atoms with Gasteiger partial charge in [-0.1, -0.05) is 0 Å². The molecule has 0 aromatic heterocycles. The van der Waals surface area contributed by atoms with Gasteiger partial charge in [-0.3, -0.25) is 4.99 Å². The molecule has 0 spiro atoms. The lowest BCUT2D eigenvalue weighted by atomic mass is 10.8. The van der Waals surface area contributed by atoms with E-state index in [4.69, 9.17) is 5.11 Å². The Hall–Kier alpha value is -0.770. The lowest BCUT2D eigenvalue weighted by molar-refractivity contribution is 0.399. The van der Waals surface area contributed by atoms with Crippen LogP contribution in [0.1, 0.15) is 0 Å². The Labute approximate surface area is 62.6 Å². The maximum atomic E-state index is 7.00. The zero-order valence-corrected chi connectivity index (χ0v) is 7.34. The average molecular weight is 147 g/mol. The lowest BCUT2D eigenvalue weighted by Crippen LogP contribution is -2.33. The van der Waals surface area contributed by atoms with Crippen molar-refractivity contribution in [3.63, 3.8) is 0 Å². The predicted octanol–water partition coefficient (Wildman–Crippen LogP) is -0.638. The topological polar surface area (TPSA) is 47.9 Å². The van der Waals surface area contributed by atoms with Crippen molar-refractivity contribution < 1.29 is 5.11 Å². The molecule has 0 aliphatic rings. The molecule has 2 N–H and O–H groups in total. The minimum atomic E-state index is 0.894. The van der Waals surface area contributed by atoms with E-state index in [2.05, 4.69) is 10.3 Å². The van der Waals surface area contributed by atoms with Crippen molar-refractivity contribution in [3.05, 3.63) is 0 Å². The number of nitrogens with one attached hydrogen (secondary N) is 1. The summed E-state index contributed by atoms with van der Waals surface area (Å²) < 4.78 is 0. The summed E-state index contributed by atoms with van der Waals surface area (Å²) in [5.41, 5.74) is 0. The van der Waals surface area contributed by atoms with Gasteiger partial charge in [0.15, 0.2) is 5.96 Å². The summed E-state index contributed by atoms with van der Waals surface area (Å²) in [5, 5.41) is 9.93. The summed E-state index contributed by atoms with van der Waals surface area (Å²) in [7, 11) is 8.49. The van der Waals surface area contributed by atoms with E-state index in [1.807, 2.05) is 26.0 Å². The van der Waals surface area contributed by atoms with E-state index in [0.717, 1.165) is 13.1 Å². The number of hydrogen-bond acceptors (Lipinski definition) is 2. The summed E-state index contributed by atoms with van der Waals surface area (Å²) in [4.78, 5) is 5.85. The summed E-state index contributed by atoms with van der Waals surface area (Å²) in [5.74, 6) is 0.894. The number of hydrogen-bond donors (Lipinski definition) is 2. The first-order chi connectivity index (χ1) is 4.72. The van der Waals surface area contributed by atoms with Crippen molar-refractivity contribution in [1.29, 1.82) is 0 Å². The zero-order valence-electron chi connectivity index (χ0n) is 7.34. The lowest BCUT2D eigenvalue weighted by Gasteiger charge is -2.12. The Morgan fingerprint density at radius 3 is 1.80 bits per heavy atom. The molecule has 0 saturated heterocycles. The Balaban J connectivity index is 0. The van der Waals surface area contributed by atoms with Gasteiger partial charge in [0, 0.05) is 35.3 Å². The fourth-order valence-corrected chi connectivity index (χ4v) is 0.535. The molecule has 0 heterocycles. The maximum Gasteiger partial charge on any atom is 0.192 e. The van der Waals surface area contributed by atoms with Gasteiger partial charge in [0.1, 0.15) is 0 Å². The smallest absolute Gasteiger partial charge is 0.192 e. The van der Waals surface area contributed by atoms with E-state index in [9.17, 15) is 0 Å². The monoisotopic (exact) mass is 147 g/mol. The third-order valence-corrected chi connectivity index (χ3v) is 0.859. The van der Waals surface area contributed by atoms with Gasteiger partial charge in [0.25, 0.3) is 0 Å². The number of aliphatic hydroxyl groups is 1. The molecule has 0 aliphatic carbocycles. The van der Waals surface area contributed by atoms with Crippen LogP contribution in [0.25, 0.3) is 0 Å². The highest BCUT2D eigenvalue weighted by Gasteiger charge is 1.91. The number of nitrogens with zero attached hydrogens (tertiary/aromatic N) is 2. The highest BCUT2D eigenvalue weighted by atomic mass is 16.2. The van der Waals surface area contributed by atoms with Gasteiger partial charge in [-0.05, 0) is 0 Å². The van der Waals surface area contributed by atoms with Gasteiger partial charge in [-0.2, -0.15) is 0 Å². The molecule has 0 unspecified atom stereocenters. The molecule has 10 heavy (non-hydrogen) atoms. The molecule has 0 bridgehead atoms. The van der Waals surface area contributed by atoms with Gasteiger partial charge in [-0.15, -0.1) is 0 Å². The maximum absolute atomic E-state index is 7.00. The van der Waals surface area contributed by atoms with Crippen molar-refractivity contribution >= 4 is 5.96 Å². The Bertz CT molecular complexity index is 91.0. The SMILES string of the molecule is CN=C(NC)N(C)C.CO. The van der Waals surface area contributed by atoms with Gasteiger partial charge >= 0.3 is 0 Å². The molecule has 62 valence electrons. The van der Waals surface area contributed by atoms with Gasteiger partial charge in [0.2, 0.25) is 0 Å². The molecule has 0 saturated carbocycles. The van der Waals surface area contributed by atoms with Crippen LogP contribution in [-0.4, -0.2) is 51.3 Å². The molecule has 4 heteroatoms. The van der Waals surface area contributed by atoms with Crippen molar-refractivity contribution in [2.45, 2.75) is 0 Å². The second-order valence-corrected chi connectivity index (χ2v) is 1.69. The Kier molecular flexibility index (Phi) is 9.84. The van der Waals surface area contributed by atoms with Crippen LogP contribution in [0.3, 0.4) is 0 Å². The Morgan fingerprint density at radius 2 is 1.80 bits per heavy atom. The third kappa shape index (κ3) is 5.37. The summed E-state index contributed by atoms with van der Waals surface area (Å²) >= 11 is 0. The van der Waals surface area contributed by atoms with Crippen molar-refractivity contribution in [2.24, 2.45) is 4.99 Å². The molecular formula is C6H17N3O. The first kappa shape index (κ1) is 12.0. The van der Waals surface area contributed by atoms with Crippen LogP contribution in [0.4, 0.5) is 0 Å². The van der Waals surface area contributed by atoms with E-state index in [-0.39, 0.29) is 0 Å².